The minimum Gasteiger partial charge on any atom is -0.497 e. The number of hydrogen-bond donors (Lipinski definition) is 0. The van der Waals surface area contributed by atoms with Crippen molar-refractivity contribution in [2.45, 2.75) is 38.8 Å². The van der Waals surface area contributed by atoms with Gasteiger partial charge in [0, 0.05) is 50.7 Å². The zero-order chi connectivity index (χ0) is 22.0. The number of likely N-dealkylation sites (tertiary alicyclic amines) is 1. The van der Waals surface area contributed by atoms with E-state index in [1.807, 2.05) is 55.3 Å². The molecule has 3 aromatic rings. The van der Waals surface area contributed by atoms with Crippen molar-refractivity contribution in [2.24, 2.45) is 7.05 Å². The Kier molecular flexibility index (Phi) is 6.23. The fourth-order valence-corrected chi connectivity index (χ4v) is 4.26. The van der Waals surface area contributed by atoms with Crippen LogP contribution in [0.2, 0.25) is 0 Å². The Morgan fingerprint density at radius 2 is 1.90 bits per heavy atom. The Labute approximate surface area is 184 Å². The second-order valence-corrected chi connectivity index (χ2v) is 8.45. The number of ether oxygens (including phenoxy) is 1. The van der Waals surface area contributed by atoms with Crippen molar-refractivity contribution in [1.82, 2.24) is 24.6 Å². The van der Waals surface area contributed by atoms with Crippen LogP contribution in [-0.4, -0.2) is 52.4 Å². The fourth-order valence-electron chi connectivity index (χ4n) is 4.26. The SMILES string of the molecule is COc1ccc(-c2cnc(N(C)C)nc2[C@@H]2CCCCN2Cc2cnn(C)c2C)cc1. The van der Waals surface area contributed by atoms with Crippen molar-refractivity contribution in [3.63, 3.8) is 0 Å². The summed E-state index contributed by atoms with van der Waals surface area (Å²) in [4.78, 5) is 14.2. The minimum absolute atomic E-state index is 0.243. The van der Waals surface area contributed by atoms with Gasteiger partial charge < -0.3 is 9.64 Å². The second-order valence-electron chi connectivity index (χ2n) is 8.45. The van der Waals surface area contributed by atoms with Gasteiger partial charge in [-0.3, -0.25) is 9.58 Å². The van der Waals surface area contributed by atoms with E-state index >= 15 is 0 Å². The van der Waals surface area contributed by atoms with E-state index in [-0.39, 0.29) is 6.04 Å². The van der Waals surface area contributed by atoms with Crippen molar-refractivity contribution in [3.05, 3.63) is 53.6 Å². The third-order valence-electron chi connectivity index (χ3n) is 6.25. The summed E-state index contributed by atoms with van der Waals surface area (Å²) in [5.41, 5.74) is 5.81. The number of hydrogen-bond acceptors (Lipinski definition) is 6. The molecule has 1 fully saturated rings. The first kappa shape index (κ1) is 21.3. The van der Waals surface area contributed by atoms with Crippen molar-refractivity contribution in [3.8, 4) is 16.9 Å². The molecule has 164 valence electrons. The van der Waals surface area contributed by atoms with Crippen LogP contribution in [0.3, 0.4) is 0 Å². The van der Waals surface area contributed by atoms with Crippen LogP contribution in [0.1, 0.15) is 42.3 Å². The molecule has 0 amide bonds. The maximum Gasteiger partial charge on any atom is 0.225 e. The van der Waals surface area contributed by atoms with Gasteiger partial charge in [0.1, 0.15) is 5.75 Å². The van der Waals surface area contributed by atoms with E-state index in [4.69, 9.17) is 9.72 Å². The summed E-state index contributed by atoms with van der Waals surface area (Å²) in [5.74, 6) is 1.60. The van der Waals surface area contributed by atoms with Crippen molar-refractivity contribution in [1.29, 1.82) is 0 Å². The van der Waals surface area contributed by atoms with Crippen LogP contribution >= 0.6 is 0 Å². The third-order valence-corrected chi connectivity index (χ3v) is 6.25. The van der Waals surface area contributed by atoms with Gasteiger partial charge in [-0.05, 0) is 44.0 Å². The van der Waals surface area contributed by atoms with Crippen molar-refractivity contribution in [2.75, 3.05) is 32.6 Å². The van der Waals surface area contributed by atoms with Gasteiger partial charge in [0.2, 0.25) is 5.95 Å². The molecule has 2 aromatic heterocycles. The molecular formula is C24H32N6O. The molecule has 31 heavy (non-hydrogen) atoms. The van der Waals surface area contributed by atoms with E-state index in [9.17, 15) is 0 Å². The molecule has 0 N–H and O–H groups in total. The Balaban J connectivity index is 1.75. The summed E-state index contributed by atoms with van der Waals surface area (Å²) < 4.78 is 7.30. The molecule has 1 aromatic carbocycles. The maximum absolute atomic E-state index is 5.34. The normalized spacial score (nSPS) is 17.0. The van der Waals surface area contributed by atoms with Gasteiger partial charge >= 0.3 is 0 Å². The van der Waals surface area contributed by atoms with Gasteiger partial charge in [-0.2, -0.15) is 5.10 Å². The van der Waals surface area contributed by atoms with Crippen molar-refractivity contribution < 1.29 is 4.74 Å². The van der Waals surface area contributed by atoms with Crippen LogP contribution in [0.15, 0.2) is 36.7 Å². The molecule has 3 heterocycles. The molecule has 0 unspecified atom stereocenters. The average molecular weight is 421 g/mol. The number of anilines is 1. The smallest absolute Gasteiger partial charge is 0.225 e. The molecule has 0 saturated carbocycles. The Bertz CT molecular complexity index is 1030. The van der Waals surface area contributed by atoms with E-state index < -0.39 is 0 Å². The maximum atomic E-state index is 5.34. The van der Waals surface area contributed by atoms with E-state index in [1.54, 1.807) is 7.11 Å². The molecule has 1 aliphatic rings. The molecule has 4 rings (SSSR count). The molecular weight excluding hydrogens is 388 g/mol. The number of methoxy groups -OCH3 is 1. The van der Waals surface area contributed by atoms with E-state index in [0.29, 0.717) is 0 Å². The summed E-state index contributed by atoms with van der Waals surface area (Å²) in [6.07, 6.45) is 7.47. The van der Waals surface area contributed by atoms with E-state index in [1.165, 1.54) is 24.1 Å². The third kappa shape index (κ3) is 4.42. The van der Waals surface area contributed by atoms with Gasteiger partial charge in [-0.15, -0.1) is 0 Å². The largest absolute Gasteiger partial charge is 0.497 e. The first-order valence-corrected chi connectivity index (χ1v) is 10.9. The molecule has 1 saturated heterocycles. The first-order chi connectivity index (χ1) is 15.0. The number of rotatable bonds is 6. The molecule has 1 aliphatic heterocycles. The summed E-state index contributed by atoms with van der Waals surface area (Å²) in [6.45, 7) is 4.08. The summed E-state index contributed by atoms with van der Waals surface area (Å²) >= 11 is 0. The Hall–Kier alpha value is -2.93. The van der Waals surface area contributed by atoms with E-state index in [2.05, 4.69) is 34.0 Å². The number of aromatic nitrogens is 4. The molecule has 7 nitrogen and oxygen atoms in total. The Morgan fingerprint density at radius 3 is 2.55 bits per heavy atom. The van der Waals surface area contributed by atoms with Gasteiger partial charge in [0.15, 0.2) is 0 Å². The highest BCUT2D eigenvalue weighted by atomic mass is 16.5. The highest BCUT2D eigenvalue weighted by Crippen LogP contribution is 2.37. The van der Waals surface area contributed by atoms with Crippen molar-refractivity contribution >= 4 is 5.95 Å². The lowest BCUT2D eigenvalue weighted by Gasteiger charge is -2.36. The molecule has 0 radical (unpaired) electrons. The summed E-state index contributed by atoms with van der Waals surface area (Å²) in [5, 5.41) is 4.44. The summed E-state index contributed by atoms with van der Waals surface area (Å²) in [7, 11) is 7.67. The van der Waals surface area contributed by atoms with Crippen LogP contribution in [0, 0.1) is 6.92 Å². The minimum atomic E-state index is 0.243. The number of benzene rings is 1. The van der Waals surface area contributed by atoms with Crippen LogP contribution in [-0.2, 0) is 13.6 Å². The predicted octanol–water partition coefficient (Wildman–Crippen LogP) is 3.99. The lowest BCUT2D eigenvalue weighted by molar-refractivity contribution is 0.137. The molecule has 0 spiro atoms. The standard InChI is InChI=1S/C24H32N6O/c1-17-19(14-26-29(17)4)16-30-13-7-6-8-22(30)23-21(15-25-24(27-23)28(2)3)18-9-11-20(31-5)12-10-18/h9-12,14-15,22H,6-8,13,16H2,1-5H3/t22-/m0/s1. The molecule has 7 heteroatoms. The zero-order valence-electron chi connectivity index (χ0n) is 19.2. The first-order valence-electron chi connectivity index (χ1n) is 10.9. The van der Waals surface area contributed by atoms with Crippen LogP contribution < -0.4 is 9.64 Å². The quantitative estimate of drug-likeness (QED) is 0.601. The second kappa shape index (κ2) is 9.06. The number of piperidine rings is 1. The Morgan fingerprint density at radius 1 is 1.13 bits per heavy atom. The highest BCUT2D eigenvalue weighted by Gasteiger charge is 2.29. The van der Waals surface area contributed by atoms with Gasteiger partial charge in [-0.1, -0.05) is 18.6 Å². The molecule has 0 aliphatic carbocycles. The van der Waals surface area contributed by atoms with Gasteiger partial charge in [0.05, 0.1) is 25.0 Å². The fraction of sp³-hybridized carbons (Fsp3) is 0.458. The van der Waals surface area contributed by atoms with Crippen LogP contribution in [0.4, 0.5) is 5.95 Å². The van der Waals surface area contributed by atoms with Crippen LogP contribution in [0.5, 0.6) is 5.75 Å². The lowest BCUT2D eigenvalue weighted by atomic mass is 9.93. The highest BCUT2D eigenvalue weighted by molar-refractivity contribution is 5.67. The zero-order valence-corrected chi connectivity index (χ0v) is 19.2. The molecule has 1 atom stereocenters. The van der Waals surface area contributed by atoms with Gasteiger partial charge in [-0.25, -0.2) is 9.97 Å². The summed E-state index contributed by atoms with van der Waals surface area (Å²) in [6, 6.07) is 8.42. The van der Waals surface area contributed by atoms with Gasteiger partial charge in [0.25, 0.3) is 0 Å². The monoisotopic (exact) mass is 420 g/mol. The number of nitrogens with zero attached hydrogens (tertiary/aromatic N) is 6. The van der Waals surface area contributed by atoms with Crippen LogP contribution in [0.25, 0.3) is 11.1 Å². The average Bonchev–Trinajstić information content (AvgIpc) is 3.11. The predicted molar refractivity (Wildman–Crippen MR) is 123 cm³/mol. The van der Waals surface area contributed by atoms with E-state index in [0.717, 1.165) is 48.0 Å². The number of aryl methyl sites for hydroxylation is 1. The molecule has 0 bridgehead atoms. The lowest BCUT2D eigenvalue weighted by Crippen LogP contribution is -2.34. The topological polar surface area (TPSA) is 59.3 Å².